The molecule has 0 radical (unpaired) electrons. The van der Waals surface area contributed by atoms with Crippen LogP contribution in [0.15, 0.2) is 59.9 Å². The molecular formula is C19H22FNO3Si. The highest BCUT2D eigenvalue weighted by molar-refractivity contribution is 6.70. The third kappa shape index (κ3) is 6.08. The summed E-state index contributed by atoms with van der Waals surface area (Å²) in [5, 5.41) is 0. The van der Waals surface area contributed by atoms with Crippen LogP contribution >= 0.6 is 0 Å². The van der Waals surface area contributed by atoms with E-state index in [1.54, 1.807) is 37.4 Å². The van der Waals surface area contributed by atoms with Gasteiger partial charge < -0.3 is 13.9 Å². The Morgan fingerprint density at radius 3 is 2.32 bits per heavy atom. The average Bonchev–Trinajstić information content (AvgIpc) is 2.54. The fourth-order valence-corrected chi connectivity index (χ4v) is 2.76. The molecule has 2 rings (SSSR count). The van der Waals surface area contributed by atoms with Crippen molar-refractivity contribution in [2.45, 2.75) is 19.6 Å². The Bertz CT molecular complexity index is 767. The van der Waals surface area contributed by atoms with Crippen LogP contribution in [0.2, 0.25) is 19.6 Å². The van der Waals surface area contributed by atoms with Crippen LogP contribution in [0.3, 0.4) is 0 Å². The fraction of sp³-hybridized carbons (Fsp3) is 0.211. The highest BCUT2D eigenvalue weighted by Crippen LogP contribution is 2.27. The molecule has 4 nitrogen and oxygen atoms in total. The predicted molar refractivity (Wildman–Crippen MR) is 101 cm³/mol. The highest BCUT2D eigenvalue weighted by Gasteiger charge is 2.16. The minimum Gasteiger partial charge on any atom is -0.532 e. The standard InChI is InChI=1S/C19H22FNO3Si/c1-14(24-25(3,4)5)21-13-15-12-16(20)6-11-19(15)23-18-9-7-17(22-2)8-10-18/h6-13H,1H2,2-5H3/b21-13+. The topological polar surface area (TPSA) is 40.0 Å². The molecule has 0 atom stereocenters. The summed E-state index contributed by atoms with van der Waals surface area (Å²) in [7, 11) is -0.186. The van der Waals surface area contributed by atoms with Crippen LogP contribution in [0.5, 0.6) is 17.2 Å². The first kappa shape index (κ1) is 18.7. The molecule has 132 valence electrons. The van der Waals surface area contributed by atoms with Crippen LogP contribution < -0.4 is 9.47 Å². The molecule has 0 spiro atoms. The van der Waals surface area contributed by atoms with Crippen molar-refractivity contribution in [3.8, 4) is 17.2 Å². The molecule has 0 fully saturated rings. The van der Waals surface area contributed by atoms with Crippen LogP contribution in [0.4, 0.5) is 4.39 Å². The first-order valence-electron chi connectivity index (χ1n) is 7.80. The number of methoxy groups -OCH3 is 1. The summed E-state index contributed by atoms with van der Waals surface area (Å²) >= 11 is 0. The number of ether oxygens (including phenoxy) is 2. The van der Waals surface area contributed by atoms with E-state index in [1.165, 1.54) is 18.3 Å². The summed E-state index contributed by atoms with van der Waals surface area (Å²) in [4.78, 5) is 4.18. The van der Waals surface area contributed by atoms with Gasteiger partial charge >= 0.3 is 0 Å². The largest absolute Gasteiger partial charge is 0.532 e. The summed E-state index contributed by atoms with van der Waals surface area (Å²) in [6.45, 7) is 9.88. The third-order valence-electron chi connectivity index (χ3n) is 3.03. The van der Waals surface area contributed by atoms with Crippen molar-refractivity contribution in [1.82, 2.24) is 0 Å². The third-order valence-corrected chi connectivity index (χ3v) is 3.88. The number of hydrogen-bond donors (Lipinski definition) is 0. The van der Waals surface area contributed by atoms with Crippen LogP contribution in [0, 0.1) is 5.82 Å². The summed E-state index contributed by atoms with van der Waals surface area (Å²) in [6, 6.07) is 11.4. The lowest BCUT2D eigenvalue weighted by Gasteiger charge is -2.18. The molecule has 2 aromatic rings. The van der Waals surface area contributed by atoms with Gasteiger partial charge in [-0.2, -0.15) is 0 Å². The van der Waals surface area contributed by atoms with Crippen molar-refractivity contribution < 1.29 is 18.3 Å². The summed E-state index contributed by atoms with van der Waals surface area (Å²) in [6.07, 6.45) is 1.49. The molecular weight excluding hydrogens is 337 g/mol. The normalized spacial score (nSPS) is 11.4. The lowest BCUT2D eigenvalue weighted by molar-refractivity contribution is 0.412. The Morgan fingerprint density at radius 2 is 1.72 bits per heavy atom. The number of benzene rings is 2. The number of rotatable bonds is 7. The molecule has 0 aliphatic rings. The highest BCUT2D eigenvalue weighted by atomic mass is 28.4. The van der Waals surface area contributed by atoms with E-state index < -0.39 is 8.32 Å². The second-order valence-corrected chi connectivity index (χ2v) is 10.8. The molecule has 0 saturated carbocycles. The number of halogens is 1. The zero-order valence-corrected chi connectivity index (χ0v) is 15.9. The maximum Gasteiger partial charge on any atom is 0.244 e. The number of nitrogens with zero attached hydrogens (tertiary/aromatic N) is 1. The van der Waals surface area contributed by atoms with E-state index in [0.29, 0.717) is 22.9 Å². The molecule has 0 saturated heterocycles. The minimum atomic E-state index is -1.78. The molecule has 0 aliphatic carbocycles. The Hall–Kier alpha value is -2.60. The predicted octanol–water partition coefficient (Wildman–Crippen LogP) is 5.37. The van der Waals surface area contributed by atoms with Gasteiger partial charge in [-0.1, -0.05) is 0 Å². The van der Waals surface area contributed by atoms with E-state index in [-0.39, 0.29) is 5.82 Å². The Labute approximate surface area is 148 Å². The smallest absolute Gasteiger partial charge is 0.244 e. The van der Waals surface area contributed by atoms with Crippen LogP contribution in [-0.2, 0) is 4.43 Å². The van der Waals surface area contributed by atoms with Gasteiger partial charge in [-0.3, -0.25) is 0 Å². The van der Waals surface area contributed by atoms with Crippen molar-refractivity contribution in [3.05, 3.63) is 66.3 Å². The van der Waals surface area contributed by atoms with Gasteiger partial charge in [0.05, 0.1) is 7.11 Å². The molecule has 0 N–H and O–H groups in total. The lowest BCUT2D eigenvalue weighted by atomic mass is 10.2. The van der Waals surface area contributed by atoms with E-state index in [2.05, 4.69) is 11.6 Å². The van der Waals surface area contributed by atoms with Crippen LogP contribution in [0.25, 0.3) is 0 Å². The zero-order valence-electron chi connectivity index (χ0n) is 14.9. The van der Waals surface area contributed by atoms with Crippen LogP contribution in [-0.4, -0.2) is 21.6 Å². The summed E-state index contributed by atoms with van der Waals surface area (Å²) in [5.41, 5.74) is 0.496. The van der Waals surface area contributed by atoms with Gasteiger partial charge in [0.25, 0.3) is 0 Å². The second kappa shape index (κ2) is 7.98. The Morgan fingerprint density at radius 1 is 1.08 bits per heavy atom. The lowest BCUT2D eigenvalue weighted by Crippen LogP contribution is -2.24. The van der Waals surface area contributed by atoms with Crippen LogP contribution in [0.1, 0.15) is 5.56 Å². The second-order valence-electron chi connectivity index (χ2n) is 6.33. The maximum absolute atomic E-state index is 13.6. The van der Waals surface area contributed by atoms with Crippen molar-refractivity contribution in [2.75, 3.05) is 7.11 Å². The van der Waals surface area contributed by atoms with Crippen molar-refractivity contribution in [1.29, 1.82) is 0 Å². The first-order chi connectivity index (χ1) is 11.8. The molecule has 25 heavy (non-hydrogen) atoms. The molecule has 6 heteroatoms. The molecule has 2 aromatic carbocycles. The van der Waals surface area contributed by atoms with Crippen molar-refractivity contribution >= 4 is 14.5 Å². The molecule has 0 unspecified atom stereocenters. The van der Waals surface area contributed by atoms with E-state index in [1.807, 2.05) is 19.6 Å². The van der Waals surface area contributed by atoms with E-state index in [0.717, 1.165) is 5.75 Å². The fourth-order valence-electron chi connectivity index (χ4n) is 2.01. The van der Waals surface area contributed by atoms with E-state index in [9.17, 15) is 4.39 Å². The van der Waals surface area contributed by atoms with Gasteiger partial charge in [0.15, 0.2) is 5.88 Å². The van der Waals surface area contributed by atoms with E-state index >= 15 is 0 Å². The van der Waals surface area contributed by atoms with Crippen molar-refractivity contribution in [2.24, 2.45) is 4.99 Å². The first-order valence-corrected chi connectivity index (χ1v) is 11.2. The Balaban J connectivity index is 2.20. The summed E-state index contributed by atoms with van der Waals surface area (Å²) < 4.78 is 30.2. The molecule has 0 bridgehead atoms. The zero-order chi connectivity index (χ0) is 18.4. The van der Waals surface area contributed by atoms with Gasteiger partial charge in [-0.25, -0.2) is 9.38 Å². The van der Waals surface area contributed by atoms with Gasteiger partial charge in [0.1, 0.15) is 23.1 Å². The number of aliphatic imine (C=N–C) groups is 1. The molecule has 0 aliphatic heterocycles. The quantitative estimate of drug-likeness (QED) is 0.379. The van der Waals surface area contributed by atoms with Gasteiger partial charge in [-0.15, -0.1) is 0 Å². The molecule has 0 amide bonds. The monoisotopic (exact) mass is 359 g/mol. The molecule has 0 aromatic heterocycles. The Kier molecular flexibility index (Phi) is 5.98. The number of hydrogen-bond acceptors (Lipinski definition) is 4. The van der Waals surface area contributed by atoms with Gasteiger partial charge in [0, 0.05) is 11.8 Å². The van der Waals surface area contributed by atoms with Crippen molar-refractivity contribution in [3.63, 3.8) is 0 Å². The average molecular weight is 359 g/mol. The van der Waals surface area contributed by atoms with E-state index in [4.69, 9.17) is 13.9 Å². The molecule has 0 heterocycles. The maximum atomic E-state index is 13.6. The summed E-state index contributed by atoms with van der Waals surface area (Å²) in [5.74, 6) is 1.75. The van der Waals surface area contributed by atoms with Gasteiger partial charge in [0.2, 0.25) is 8.32 Å². The minimum absolute atomic E-state index is 0.304. The SMILES string of the molecule is C=C(/N=C/c1cc(F)ccc1Oc1ccc(OC)cc1)O[Si](C)(C)C. The van der Waals surface area contributed by atoms with Gasteiger partial charge in [-0.05, 0) is 68.7 Å².